The van der Waals surface area contributed by atoms with E-state index in [9.17, 15) is 9.90 Å². The number of hydrogen-bond acceptors (Lipinski definition) is 2. The van der Waals surface area contributed by atoms with Crippen LogP contribution in [-0.2, 0) is 4.79 Å². The van der Waals surface area contributed by atoms with Crippen molar-refractivity contribution in [2.75, 3.05) is 0 Å². The molecule has 2 nitrogen and oxygen atoms in total. The average molecular weight is 182 g/mol. The standard InChI is InChI=1S/C11H18O2/c1-11-5-2-3-10(13)9(11)7-8(12)4-6-11/h9-10,13H,2-7H2,1H3/t9?,10?,11-/m0/s1. The van der Waals surface area contributed by atoms with Gasteiger partial charge in [-0.1, -0.05) is 13.3 Å². The van der Waals surface area contributed by atoms with E-state index in [1.807, 2.05) is 0 Å². The van der Waals surface area contributed by atoms with Crippen molar-refractivity contribution in [1.29, 1.82) is 0 Å². The normalized spacial score (nSPS) is 45.8. The molecule has 3 atom stereocenters. The second-order valence-electron chi connectivity index (χ2n) is 4.96. The molecule has 0 spiro atoms. The van der Waals surface area contributed by atoms with Crippen LogP contribution in [0.25, 0.3) is 0 Å². The molecule has 13 heavy (non-hydrogen) atoms. The van der Waals surface area contributed by atoms with Crippen LogP contribution in [0.5, 0.6) is 0 Å². The third-order valence-electron chi connectivity index (χ3n) is 4.03. The second-order valence-corrected chi connectivity index (χ2v) is 4.96. The van der Waals surface area contributed by atoms with E-state index in [2.05, 4.69) is 6.92 Å². The molecule has 0 aromatic carbocycles. The number of aliphatic hydroxyl groups is 1. The molecule has 0 aromatic heterocycles. The topological polar surface area (TPSA) is 37.3 Å². The number of ketones is 1. The fourth-order valence-corrected chi connectivity index (χ4v) is 3.03. The van der Waals surface area contributed by atoms with Gasteiger partial charge in [0.05, 0.1) is 6.10 Å². The highest BCUT2D eigenvalue weighted by atomic mass is 16.3. The molecule has 2 saturated carbocycles. The summed E-state index contributed by atoms with van der Waals surface area (Å²) in [6.07, 6.45) is 5.35. The third-order valence-corrected chi connectivity index (χ3v) is 4.03. The minimum atomic E-state index is -0.219. The average Bonchev–Trinajstić information content (AvgIpc) is 2.08. The summed E-state index contributed by atoms with van der Waals surface area (Å²) < 4.78 is 0. The summed E-state index contributed by atoms with van der Waals surface area (Å²) in [5.74, 6) is 0.603. The molecule has 2 fully saturated rings. The number of carbonyl (C=O) groups is 1. The Kier molecular flexibility index (Phi) is 2.18. The van der Waals surface area contributed by atoms with E-state index in [-0.39, 0.29) is 17.4 Å². The van der Waals surface area contributed by atoms with Crippen molar-refractivity contribution in [2.24, 2.45) is 11.3 Å². The molecule has 1 N–H and O–H groups in total. The van der Waals surface area contributed by atoms with Gasteiger partial charge >= 0.3 is 0 Å². The fourth-order valence-electron chi connectivity index (χ4n) is 3.03. The van der Waals surface area contributed by atoms with Crippen LogP contribution in [0.1, 0.15) is 45.4 Å². The first-order valence-corrected chi connectivity index (χ1v) is 5.32. The van der Waals surface area contributed by atoms with Crippen molar-refractivity contribution in [3.63, 3.8) is 0 Å². The predicted molar refractivity (Wildman–Crippen MR) is 50.3 cm³/mol. The maximum Gasteiger partial charge on any atom is 0.133 e. The van der Waals surface area contributed by atoms with Crippen molar-refractivity contribution in [3.8, 4) is 0 Å². The van der Waals surface area contributed by atoms with Gasteiger partial charge in [0, 0.05) is 12.8 Å². The van der Waals surface area contributed by atoms with Crippen LogP contribution in [0, 0.1) is 11.3 Å². The molecule has 2 aliphatic rings. The van der Waals surface area contributed by atoms with Gasteiger partial charge in [-0.05, 0) is 30.6 Å². The molecule has 2 aliphatic carbocycles. The Morgan fingerprint density at radius 1 is 1.46 bits per heavy atom. The summed E-state index contributed by atoms with van der Waals surface area (Å²) in [4.78, 5) is 11.3. The number of aliphatic hydroxyl groups excluding tert-OH is 1. The lowest BCUT2D eigenvalue weighted by Gasteiger charge is -2.47. The second kappa shape index (κ2) is 3.09. The van der Waals surface area contributed by atoms with Gasteiger partial charge in [0.25, 0.3) is 0 Å². The van der Waals surface area contributed by atoms with Crippen LogP contribution in [-0.4, -0.2) is 17.0 Å². The molecule has 2 unspecified atom stereocenters. The van der Waals surface area contributed by atoms with Crippen molar-refractivity contribution < 1.29 is 9.90 Å². The van der Waals surface area contributed by atoms with E-state index in [0.717, 1.165) is 25.7 Å². The van der Waals surface area contributed by atoms with E-state index in [1.54, 1.807) is 0 Å². The Labute approximate surface area is 79.3 Å². The molecule has 0 aliphatic heterocycles. The zero-order valence-corrected chi connectivity index (χ0v) is 8.25. The van der Waals surface area contributed by atoms with Gasteiger partial charge in [0.15, 0.2) is 0 Å². The highest BCUT2D eigenvalue weighted by Crippen LogP contribution is 2.49. The van der Waals surface area contributed by atoms with Crippen LogP contribution in [0.2, 0.25) is 0 Å². The molecular formula is C11H18O2. The van der Waals surface area contributed by atoms with Gasteiger partial charge in [-0.25, -0.2) is 0 Å². The quantitative estimate of drug-likeness (QED) is 0.621. The summed E-state index contributed by atoms with van der Waals surface area (Å²) in [7, 11) is 0. The Morgan fingerprint density at radius 2 is 2.23 bits per heavy atom. The molecule has 0 aromatic rings. The first-order chi connectivity index (χ1) is 6.12. The summed E-state index contributed by atoms with van der Waals surface area (Å²) in [6, 6.07) is 0. The minimum absolute atomic E-state index is 0.219. The van der Waals surface area contributed by atoms with E-state index in [0.29, 0.717) is 12.2 Å². The monoisotopic (exact) mass is 182 g/mol. The Morgan fingerprint density at radius 3 is 3.00 bits per heavy atom. The number of carbonyl (C=O) groups excluding carboxylic acids is 1. The van der Waals surface area contributed by atoms with Crippen LogP contribution < -0.4 is 0 Å². The Hall–Kier alpha value is -0.370. The molecule has 2 heteroatoms. The number of fused-ring (bicyclic) bond motifs is 1. The molecular weight excluding hydrogens is 164 g/mol. The Balaban J connectivity index is 2.17. The first kappa shape index (κ1) is 9.20. The number of hydrogen-bond donors (Lipinski definition) is 1. The highest BCUT2D eigenvalue weighted by Gasteiger charge is 2.44. The van der Waals surface area contributed by atoms with Crippen LogP contribution in [0.15, 0.2) is 0 Å². The molecule has 2 rings (SSSR count). The largest absolute Gasteiger partial charge is 0.393 e. The van der Waals surface area contributed by atoms with Crippen LogP contribution >= 0.6 is 0 Å². The smallest absolute Gasteiger partial charge is 0.133 e. The third kappa shape index (κ3) is 1.52. The molecule has 74 valence electrons. The van der Waals surface area contributed by atoms with Crippen molar-refractivity contribution in [2.45, 2.75) is 51.6 Å². The van der Waals surface area contributed by atoms with Gasteiger partial charge in [-0.2, -0.15) is 0 Å². The summed E-state index contributed by atoms with van der Waals surface area (Å²) in [5, 5.41) is 9.84. The maximum atomic E-state index is 11.3. The zero-order chi connectivity index (χ0) is 9.47. The Bertz CT molecular complexity index is 224. The van der Waals surface area contributed by atoms with Crippen molar-refractivity contribution in [1.82, 2.24) is 0 Å². The van der Waals surface area contributed by atoms with E-state index in [4.69, 9.17) is 0 Å². The minimum Gasteiger partial charge on any atom is -0.393 e. The fraction of sp³-hybridized carbons (Fsp3) is 0.909. The summed E-state index contributed by atoms with van der Waals surface area (Å²) >= 11 is 0. The van der Waals surface area contributed by atoms with Crippen LogP contribution in [0.4, 0.5) is 0 Å². The lowest BCUT2D eigenvalue weighted by molar-refractivity contribution is -0.131. The molecule has 0 heterocycles. The zero-order valence-electron chi connectivity index (χ0n) is 8.25. The predicted octanol–water partition coefficient (Wildman–Crippen LogP) is 1.91. The SMILES string of the molecule is C[C@@]12CCCC(O)C1CC(=O)CC2. The van der Waals surface area contributed by atoms with E-state index < -0.39 is 0 Å². The lowest BCUT2D eigenvalue weighted by atomic mass is 9.59. The van der Waals surface area contributed by atoms with Crippen molar-refractivity contribution >= 4 is 5.78 Å². The lowest BCUT2D eigenvalue weighted by Crippen LogP contribution is -2.44. The molecule has 0 radical (unpaired) electrons. The van der Waals surface area contributed by atoms with Gasteiger partial charge in [-0.15, -0.1) is 0 Å². The molecule has 0 bridgehead atoms. The van der Waals surface area contributed by atoms with Crippen LogP contribution in [0.3, 0.4) is 0 Å². The highest BCUT2D eigenvalue weighted by molar-refractivity contribution is 5.79. The van der Waals surface area contributed by atoms with E-state index >= 15 is 0 Å². The molecule has 0 saturated heterocycles. The number of Topliss-reactive ketones (excluding diaryl/α,β-unsaturated/α-hetero) is 1. The van der Waals surface area contributed by atoms with E-state index in [1.165, 1.54) is 6.42 Å². The van der Waals surface area contributed by atoms with Crippen molar-refractivity contribution in [3.05, 3.63) is 0 Å². The van der Waals surface area contributed by atoms with Gasteiger partial charge in [-0.3, -0.25) is 4.79 Å². The first-order valence-electron chi connectivity index (χ1n) is 5.32. The maximum absolute atomic E-state index is 11.3. The van der Waals surface area contributed by atoms with Gasteiger partial charge < -0.3 is 5.11 Å². The van der Waals surface area contributed by atoms with Gasteiger partial charge in [0.1, 0.15) is 5.78 Å². The summed E-state index contributed by atoms with van der Waals surface area (Å²) in [5.41, 5.74) is 0.256. The van der Waals surface area contributed by atoms with Gasteiger partial charge in [0.2, 0.25) is 0 Å². The number of rotatable bonds is 0. The summed E-state index contributed by atoms with van der Waals surface area (Å²) in [6.45, 7) is 2.24. The molecule has 0 amide bonds.